The van der Waals surface area contributed by atoms with Gasteiger partial charge in [0, 0.05) is 11.1 Å². The van der Waals surface area contributed by atoms with Crippen LogP contribution in [0.5, 0.6) is 23.0 Å². The number of nitriles is 2. The highest BCUT2D eigenvalue weighted by Crippen LogP contribution is 2.44. The van der Waals surface area contributed by atoms with Gasteiger partial charge in [-0.05, 0) is 64.0 Å². The number of methoxy groups -OCH3 is 4. The maximum atomic E-state index is 14.0. The van der Waals surface area contributed by atoms with E-state index in [0.717, 1.165) is 32.9 Å². The van der Waals surface area contributed by atoms with Gasteiger partial charge in [0.2, 0.25) is 0 Å². The lowest BCUT2D eigenvalue weighted by Crippen LogP contribution is -2.38. The zero-order valence-electron chi connectivity index (χ0n) is 24.3. The van der Waals surface area contributed by atoms with Crippen LogP contribution in [0.4, 0.5) is 0 Å². The van der Waals surface area contributed by atoms with Gasteiger partial charge in [0.1, 0.15) is 33.5 Å². The van der Waals surface area contributed by atoms with E-state index in [9.17, 15) is 15.3 Å². The molecule has 9 nitrogen and oxygen atoms in total. The minimum absolute atomic E-state index is 0.0408. The topological polar surface area (TPSA) is 133 Å². The van der Waals surface area contributed by atoms with Gasteiger partial charge in [-0.3, -0.25) is 9.36 Å². The van der Waals surface area contributed by atoms with Crippen molar-refractivity contribution < 1.29 is 18.9 Å². The van der Waals surface area contributed by atoms with Crippen LogP contribution in [0.2, 0.25) is 0 Å². The first kappa shape index (κ1) is 28.4. The predicted molar refractivity (Wildman–Crippen MR) is 170 cm³/mol. The van der Waals surface area contributed by atoms with Gasteiger partial charge in [-0.2, -0.15) is 10.5 Å². The molecule has 5 aromatic rings. The number of aromatic nitrogens is 1. The molecular weight excluding hydrogens is 576 g/mol. The molecule has 0 bridgehead atoms. The molecule has 1 aliphatic heterocycles. The Hall–Kier alpha value is -5.71. The number of hydrogen-bond donors (Lipinski definition) is 1. The number of benzene rings is 4. The summed E-state index contributed by atoms with van der Waals surface area (Å²) in [5, 5.41) is 24.3. The standard InChI is InChI=1S/C34H26N4O5S/c1-40-20-9-5-18-7-11-27(42-3)24(22(18)13-20)15-29-33(39)38-32(37)25(16-35)30(26(17-36)34(38)44-29)31-23-14-21(41-2)10-6-19(23)8-12-28(31)43-4/h5-15,30H,37H2,1-4H3/b29-15-/t30-/m1/s1. The van der Waals surface area contributed by atoms with Gasteiger partial charge in [-0.25, -0.2) is 0 Å². The molecule has 0 spiro atoms. The highest BCUT2D eigenvalue weighted by molar-refractivity contribution is 7.07. The Morgan fingerprint density at radius 1 is 0.795 bits per heavy atom. The van der Waals surface area contributed by atoms with Crippen LogP contribution in [0, 0.1) is 22.7 Å². The first-order chi connectivity index (χ1) is 21.4. The van der Waals surface area contributed by atoms with Crippen LogP contribution in [-0.4, -0.2) is 33.0 Å². The lowest BCUT2D eigenvalue weighted by atomic mass is 9.81. The van der Waals surface area contributed by atoms with E-state index >= 15 is 0 Å². The predicted octanol–water partition coefficient (Wildman–Crippen LogP) is 4.20. The fraction of sp³-hybridized carbons (Fsp3) is 0.147. The first-order valence-corrected chi connectivity index (χ1v) is 14.3. The Morgan fingerprint density at radius 2 is 1.36 bits per heavy atom. The van der Waals surface area contributed by atoms with Crippen LogP contribution in [0.1, 0.15) is 17.0 Å². The van der Waals surface area contributed by atoms with Crippen LogP contribution in [0.3, 0.4) is 0 Å². The van der Waals surface area contributed by atoms with Gasteiger partial charge in [0.05, 0.1) is 62.2 Å². The zero-order chi connectivity index (χ0) is 31.1. The molecule has 0 unspecified atom stereocenters. The van der Waals surface area contributed by atoms with E-state index in [1.807, 2.05) is 54.6 Å². The van der Waals surface area contributed by atoms with Crippen LogP contribution < -0.4 is 39.4 Å². The van der Waals surface area contributed by atoms with Gasteiger partial charge >= 0.3 is 0 Å². The highest BCUT2D eigenvalue weighted by Gasteiger charge is 2.35. The number of ether oxygens (including phenoxy) is 4. The van der Waals surface area contributed by atoms with E-state index in [1.165, 1.54) is 11.7 Å². The monoisotopic (exact) mass is 602 g/mol. The van der Waals surface area contributed by atoms with E-state index < -0.39 is 11.5 Å². The molecule has 2 N–H and O–H groups in total. The number of allylic oxidation sites excluding steroid dienone is 1. The van der Waals surface area contributed by atoms with Gasteiger partial charge in [0.25, 0.3) is 5.56 Å². The Labute approximate surface area is 256 Å². The summed E-state index contributed by atoms with van der Waals surface area (Å²) in [6.45, 7) is 0. The molecule has 0 saturated carbocycles. The molecule has 1 aliphatic rings. The second-order valence-corrected chi connectivity index (χ2v) is 11.0. The van der Waals surface area contributed by atoms with Crippen molar-refractivity contribution >= 4 is 50.4 Å². The minimum atomic E-state index is -0.891. The lowest BCUT2D eigenvalue weighted by molar-refractivity contribution is 0.410. The van der Waals surface area contributed by atoms with Crippen molar-refractivity contribution in [1.29, 1.82) is 10.5 Å². The molecule has 0 amide bonds. The average Bonchev–Trinajstić information content (AvgIpc) is 3.38. The summed E-state index contributed by atoms with van der Waals surface area (Å²) < 4.78 is 24.2. The molecule has 0 aliphatic carbocycles. The molecule has 4 aromatic carbocycles. The van der Waals surface area contributed by atoms with Crippen molar-refractivity contribution in [1.82, 2.24) is 4.57 Å². The number of hydrogen-bond acceptors (Lipinski definition) is 9. The molecule has 0 radical (unpaired) electrons. The van der Waals surface area contributed by atoms with Gasteiger partial charge < -0.3 is 24.7 Å². The maximum Gasteiger partial charge on any atom is 0.274 e. The molecule has 1 aromatic heterocycles. The Balaban J connectivity index is 1.71. The van der Waals surface area contributed by atoms with Crippen molar-refractivity contribution in [2.45, 2.75) is 5.92 Å². The fourth-order valence-corrected chi connectivity index (χ4v) is 6.84. The molecule has 0 fully saturated rings. The number of nitrogens with two attached hydrogens (primary N) is 1. The number of rotatable bonds is 6. The maximum absolute atomic E-state index is 14.0. The van der Waals surface area contributed by atoms with E-state index in [2.05, 4.69) is 12.1 Å². The van der Waals surface area contributed by atoms with Crippen LogP contribution in [-0.2, 0) is 0 Å². The average molecular weight is 603 g/mol. The second kappa shape index (κ2) is 11.2. The van der Waals surface area contributed by atoms with Gasteiger partial charge in [-0.1, -0.05) is 24.3 Å². The van der Waals surface area contributed by atoms with Crippen molar-refractivity contribution in [2.75, 3.05) is 28.4 Å². The molecule has 218 valence electrons. The summed E-state index contributed by atoms with van der Waals surface area (Å²) in [7, 11) is 6.24. The second-order valence-electron chi connectivity index (χ2n) is 9.96. The Morgan fingerprint density at radius 3 is 1.95 bits per heavy atom. The number of thiazole rings is 1. The summed E-state index contributed by atoms with van der Waals surface area (Å²) in [5.41, 5.74) is 7.69. The number of fused-ring (bicyclic) bond motifs is 3. The first-order valence-electron chi connectivity index (χ1n) is 13.5. The summed E-state index contributed by atoms with van der Waals surface area (Å²) >= 11 is 1.13. The molecular formula is C34H26N4O5S. The summed E-state index contributed by atoms with van der Waals surface area (Å²) in [6, 6.07) is 23.2. The van der Waals surface area contributed by atoms with Crippen LogP contribution >= 0.6 is 11.3 Å². The van der Waals surface area contributed by atoms with Crippen molar-refractivity contribution in [2.24, 2.45) is 5.73 Å². The lowest BCUT2D eigenvalue weighted by Gasteiger charge is -2.25. The smallest absolute Gasteiger partial charge is 0.274 e. The van der Waals surface area contributed by atoms with Gasteiger partial charge in [-0.15, -0.1) is 11.3 Å². The van der Waals surface area contributed by atoms with Gasteiger partial charge in [0.15, 0.2) is 0 Å². The van der Waals surface area contributed by atoms with Crippen LogP contribution in [0.15, 0.2) is 71.0 Å². The molecule has 1 atom stereocenters. The zero-order valence-corrected chi connectivity index (χ0v) is 25.1. The summed E-state index contributed by atoms with van der Waals surface area (Å²) in [4.78, 5) is 14.0. The SMILES string of the molecule is COc1ccc2ccc(OC)c(/C=c3\sc4n(c3=O)C(N)=C(C#N)[C@@H](c3c(OC)ccc5ccc(OC)cc35)C=4C#N)c2c1. The normalized spacial score (nSPS) is 14.7. The van der Waals surface area contributed by atoms with E-state index in [1.54, 1.807) is 33.5 Å². The van der Waals surface area contributed by atoms with Crippen LogP contribution in [0.25, 0.3) is 39.0 Å². The fourth-order valence-electron chi connectivity index (χ4n) is 5.73. The van der Waals surface area contributed by atoms with Crippen molar-refractivity contribution in [3.05, 3.63) is 96.9 Å². The quantitative estimate of drug-likeness (QED) is 0.306. The third kappa shape index (κ3) is 4.32. The van der Waals surface area contributed by atoms with Crippen molar-refractivity contribution in [3.8, 4) is 35.1 Å². The van der Waals surface area contributed by atoms with E-state index in [-0.39, 0.29) is 17.0 Å². The Bertz CT molecular complexity index is 2290. The molecule has 10 heteroatoms. The molecule has 0 saturated heterocycles. The molecule has 2 heterocycles. The Kier molecular flexibility index (Phi) is 7.22. The minimum Gasteiger partial charge on any atom is -0.497 e. The number of nitrogens with zero attached hydrogens (tertiary/aromatic N) is 3. The largest absolute Gasteiger partial charge is 0.497 e. The third-order valence-corrected chi connectivity index (χ3v) is 8.96. The highest BCUT2D eigenvalue weighted by atomic mass is 32.1. The van der Waals surface area contributed by atoms with Crippen molar-refractivity contribution in [3.63, 3.8) is 0 Å². The summed E-state index contributed by atoms with van der Waals surface area (Å²) in [6.07, 6.45) is 1.73. The van der Waals surface area contributed by atoms with E-state index in [4.69, 9.17) is 24.7 Å². The third-order valence-electron chi connectivity index (χ3n) is 7.85. The summed E-state index contributed by atoms with van der Waals surface area (Å²) in [5.74, 6) is 1.34. The molecule has 6 rings (SSSR count). The van der Waals surface area contributed by atoms with E-state index in [0.29, 0.717) is 43.3 Å². The molecule has 44 heavy (non-hydrogen) atoms.